The molecule has 2 aromatic rings. The van der Waals surface area contributed by atoms with Gasteiger partial charge in [-0.3, -0.25) is 0 Å². The van der Waals surface area contributed by atoms with Gasteiger partial charge in [0, 0.05) is 19.0 Å². The Morgan fingerprint density at radius 1 is 1.15 bits per heavy atom. The lowest BCUT2D eigenvalue weighted by Gasteiger charge is -2.25. The number of fused-ring (bicyclic) bond motifs is 1. The molecule has 1 aliphatic heterocycles. The second-order valence-corrected chi connectivity index (χ2v) is 8.80. The Morgan fingerprint density at radius 2 is 1.92 bits per heavy atom. The summed E-state index contributed by atoms with van der Waals surface area (Å²) in [6.45, 7) is 4.80. The standard InChI is InChI=1S/C20H26N2O3S/c1-14-5-8-20(15(2)11-14)26(23,24)21-13-18(22(3)4)16-6-7-19-17(12-16)9-10-25-19/h5-8,11-12,18,21H,9-10,13H2,1-4H3. The van der Waals surface area contributed by atoms with Crippen LogP contribution < -0.4 is 9.46 Å². The van der Waals surface area contributed by atoms with Crippen LogP contribution in [0.1, 0.15) is 28.3 Å². The molecule has 0 aromatic heterocycles. The molecule has 5 nitrogen and oxygen atoms in total. The fourth-order valence-electron chi connectivity index (χ4n) is 3.38. The van der Waals surface area contributed by atoms with Gasteiger partial charge in [-0.1, -0.05) is 29.8 Å². The molecule has 1 aliphatic rings. The van der Waals surface area contributed by atoms with Gasteiger partial charge in [-0.15, -0.1) is 0 Å². The molecule has 1 unspecified atom stereocenters. The van der Waals surface area contributed by atoms with E-state index in [2.05, 4.69) is 10.8 Å². The number of rotatable bonds is 6. The lowest BCUT2D eigenvalue weighted by molar-refractivity contribution is 0.299. The molecule has 26 heavy (non-hydrogen) atoms. The number of hydrogen-bond acceptors (Lipinski definition) is 4. The van der Waals surface area contributed by atoms with E-state index in [9.17, 15) is 8.42 Å². The number of benzene rings is 2. The normalized spacial score (nSPS) is 15.0. The van der Waals surface area contributed by atoms with Crippen molar-refractivity contribution >= 4 is 10.0 Å². The second-order valence-electron chi connectivity index (χ2n) is 7.07. The maximum atomic E-state index is 12.8. The minimum Gasteiger partial charge on any atom is -0.493 e. The van der Waals surface area contributed by atoms with E-state index >= 15 is 0 Å². The Balaban J connectivity index is 1.80. The van der Waals surface area contributed by atoms with Gasteiger partial charge in [0.05, 0.1) is 11.5 Å². The second kappa shape index (κ2) is 7.39. The Bertz CT molecular complexity index is 907. The third-order valence-electron chi connectivity index (χ3n) is 4.81. The van der Waals surface area contributed by atoms with Crippen molar-refractivity contribution in [2.24, 2.45) is 0 Å². The van der Waals surface area contributed by atoms with Crippen LogP contribution in [0.5, 0.6) is 5.75 Å². The number of nitrogens with zero attached hydrogens (tertiary/aromatic N) is 1. The van der Waals surface area contributed by atoms with Crippen LogP contribution in [-0.4, -0.2) is 40.6 Å². The summed E-state index contributed by atoms with van der Waals surface area (Å²) in [7, 11) is 0.359. The lowest BCUT2D eigenvalue weighted by Crippen LogP contribution is -2.34. The van der Waals surface area contributed by atoms with Crippen LogP contribution in [0.2, 0.25) is 0 Å². The minimum absolute atomic E-state index is 0.0542. The van der Waals surface area contributed by atoms with Crippen molar-refractivity contribution in [3.05, 3.63) is 58.7 Å². The molecule has 0 aliphatic carbocycles. The maximum Gasteiger partial charge on any atom is 0.240 e. The molecule has 140 valence electrons. The third kappa shape index (κ3) is 3.92. The molecule has 0 amide bonds. The van der Waals surface area contributed by atoms with Gasteiger partial charge in [0.1, 0.15) is 5.75 Å². The van der Waals surface area contributed by atoms with Crippen LogP contribution in [-0.2, 0) is 16.4 Å². The summed E-state index contributed by atoms with van der Waals surface area (Å²) < 4.78 is 33.9. The van der Waals surface area contributed by atoms with Gasteiger partial charge in [0.25, 0.3) is 0 Å². The number of ether oxygens (including phenoxy) is 1. The van der Waals surface area contributed by atoms with E-state index in [1.54, 1.807) is 6.07 Å². The molecule has 0 bridgehead atoms. The Morgan fingerprint density at radius 3 is 2.62 bits per heavy atom. The molecule has 0 saturated heterocycles. The van der Waals surface area contributed by atoms with Crippen LogP contribution in [0.25, 0.3) is 0 Å². The number of likely N-dealkylation sites (N-methyl/N-ethyl adjacent to an activating group) is 1. The summed E-state index contributed by atoms with van der Waals surface area (Å²) in [6, 6.07) is 11.4. The summed E-state index contributed by atoms with van der Waals surface area (Å²) in [6.07, 6.45) is 0.900. The van der Waals surface area contributed by atoms with E-state index in [0.717, 1.165) is 28.9 Å². The molecule has 3 rings (SSSR count). The highest BCUT2D eigenvalue weighted by atomic mass is 32.2. The summed E-state index contributed by atoms with van der Waals surface area (Å²) in [5.41, 5.74) is 4.08. The first kappa shape index (κ1) is 18.9. The zero-order valence-corrected chi connectivity index (χ0v) is 16.6. The van der Waals surface area contributed by atoms with Crippen molar-refractivity contribution in [1.82, 2.24) is 9.62 Å². The van der Waals surface area contributed by atoms with E-state index in [1.165, 1.54) is 5.56 Å². The summed E-state index contributed by atoms with van der Waals surface area (Å²) in [5.74, 6) is 0.933. The van der Waals surface area contributed by atoms with E-state index in [0.29, 0.717) is 18.0 Å². The van der Waals surface area contributed by atoms with Crippen LogP contribution >= 0.6 is 0 Å². The molecule has 1 atom stereocenters. The number of hydrogen-bond donors (Lipinski definition) is 1. The van der Waals surface area contributed by atoms with Crippen molar-refractivity contribution in [3.8, 4) is 5.75 Å². The van der Waals surface area contributed by atoms with E-state index < -0.39 is 10.0 Å². The van der Waals surface area contributed by atoms with Gasteiger partial charge in [-0.25, -0.2) is 13.1 Å². The minimum atomic E-state index is -3.56. The zero-order chi connectivity index (χ0) is 18.9. The molecular formula is C20H26N2O3S. The fraction of sp³-hybridized carbons (Fsp3) is 0.400. The molecule has 2 aromatic carbocycles. The van der Waals surface area contributed by atoms with Gasteiger partial charge in [-0.2, -0.15) is 0 Å². The monoisotopic (exact) mass is 374 g/mol. The summed E-state index contributed by atoms with van der Waals surface area (Å²) >= 11 is 0. The SMILES string of the molecule is Cc1ccc(S(=O)(=O)NCC(c2ccc3c(c2)CCO3)N(C)C)c(C)c1. The fourth-order valence-corrected chi connectivity index (χ4v) is 4.64. The predicted octanol–water partition coefficient (Wildman–Crippen LogP) is 2.82. The van der Waals surface area contributed by atoms with Gasteiger partial charge in [0.15, 0.2) is 0 Å². The maximum absolute atomic E-state index is 12.8. The average Bonchev–Trinajstić information content (AvgIpc) is 3.02. The average molecular weight is 375 g/mol. The van der Waals surface area contributed by atoms with Gasteiger partial charge in [-0.05, 0) is 56.8 Å². The first-order valence-corrected chi connectivity index (χ1v) is 10.3. The van der Waals surface area contributed by atoms with Crippen molar-refractivity contribution in [2.75, 3.05) is 27.2 Å². The molecule has 6 heteroatoms. The van der Waals surface area contributed by atoms with Gasteiger partial charge >= 0.3 is 0 Å². The zero-order valence-electron chi connectivity index (χ0n) is 15.7. The lowest BCUT2D eigenvalue weighted by atomic mass is 10.0. The number of sulfonamides is 1. The van der Waals surface area contributed by atoms with E-state index in [1.807, 2.05) is 57.1 Å². The topological polar surface area (TPSA) is 58.6 Å². The van der Waals surface area contributed by atoms with Crippen LogP contribution in [0.3, 0.4) is 0 Å². The summed E-state index contributed by atoms with van der Waals surface area (Å²) in [4.78, 5) is 2.37. The molecule has 1 heterocycles. The van der Waals surface area contributed by atoms with Gasteiger partial charge in [0.2, 0.25) is 10.0 Å². The molecule has 1 N–H and O–H groups in total. The molecule has 0 saturated carbocycles. The Hall–Kier alpha value is -1.89. The Kier molecular flexibility index (Phi) is 5.37. The van der Waals surface area contributed by atoms with Gasteiger partial charge < -0.3 is 9.64 Å². The van der Waals surface area contributed by atoms with Crippen LogP contribution in [0, 0.1) is 13.8 Å². The quantitative estimate of drug-likeness (QED) is 0.845. The van der Waals surface area contributed by atoms with E-state index in [4.69, 9.17) is 4.74 Å². The molecule has 0 fully saturated rings. The number of nitrogens with one attached hydrogen (secondary N) is 1. The van der Waals surface area contributed by atoms with Crippen molar-refractivity contribution in [2.45, 2.75) is 31.2 Å². The third-order valence-corrected chi connectivity index (χ3v) is 6.39. The number of aryl methyl sites for hydroxylation is 2. The highest BCUT2D eigenvalue weighted by Crippen LogP contribution is 2.29. The molecular weight excluding hydrogens is 348 g/mol. The highest BCUT2D eigenvalue weighted by molar-refractivity contribution is 7.89. The van der Waals surface area contributed by atoms with Crippen LogP contribution in [0.4, 0.5) is 0 Å². The first-order valence-electron chi connectivity index (χ1n) is 8.77. The highest BCUT2D eigenvalue weighted by Gasteiger charge is 2.22. The first-order chi connectivity index (χ1) is 12.3. The summed E-state index contributed by atoms with van der Waals surface area (Å²) in [5, 5.41) is 0. The Labute approximate surface area is 156 Å². The van der Waals surface area contributed by atoms with E-state index in [-0.39, 0.29) is 6.04 Å². The largest absolute Gasteiger partial charge is 0.493 e. The van der Waals surface area contributed by atoms with Crippen LogP contribution in [0.15, 0.2) is 41.3 Å². The smallest absolute Gasteiger partial charge is 0.240 e. The van der Waals surface area contributed by atoms with Crippen molar-refractivity contribution < 1.29 is 13.2 Å². The van der Waals surface area contributed by atoms with Crippen molar-refractivity contribution in [1.29, 1.82) is 0 Å². The van der Waals surface area contributed by atoms with Crippen molar-refractivity contribution in [3.63, 3.8) is 0 Å². The molecule has 0 spiro atoms. The predicted molar refractivity (Wildman–Crippen MR) is 103 cm³/mol. The molecule has 0 radical (unpaired) electrons.